The quantitative estimate of drug-likeness (QED) is 0.717. The van der Waals surface area contributed by atoms with Crippen molar-refractivity contribution in [1.82, 2.24) is 10.3 Å². The first kappa shape index (κ1) is 15.3. The Kier molecular flexibility index (Phi) is 5.38. The molecule has 1 N–H and O–H groups in total. The van der Waals surface area contributed by atoms with E-state index in [1.165, 1.54) is 5.56 Å². The molecule has 0 aliphatic carbocycles. The van der Waals surface area contributed by atoms with Crippen LogP contribution in [0.2, 0.25) is 0 Å². The number of rotatable bonds is 7. The van der Waals surface area contributed by atoms with Gasteiger partial charge < -0.3 is 10.1 Å². The topological polar surface area (TPSA) is 34.1 Å². The van der Waals surface area contributed by atoms with Crippen LogP contribution in [-0.2, 0) is 19.7 Å². The highest BCUT2D eigenvalue weighted by Gasteiger charge is 1.99. The van der Waals surface area contributed by atoms with E-state index in [9.17, 15) is 0 Å². The second-order valence-corrected chi connectivity index (χ2v) is 5.35. The number of pyridine rings is 1. The fourth-order valence-corrected chi connectivity index (χ4v) is 2.27. The summed E-state index contributed by atoms with van der Waals surface area (Å²) in [6, 6.07) is 24.4. The van der Waals surface area contributed by atoms with Crippen molar-refractivity contribution in [3.05, 3.63) is 95.8 Å². The van der Waals surface area contributed by atoms with Crippen molar-refractivity contribution < 1.29 is 4.74 Å². The minimum absolute atomic E-state index is 0.564. The minimum atomic E-state index is 0.564. The van der Waals surface area contributed by atoms with Crippen molar-refractivity contribution in [1.29, 1.82) is 0 Å². The van der Waals surface area contributed by atoms with Gasteiger partial charge in [0.1, 0.15) is 12.4 Å². The molecule has 116 valence electrons. The van der Waals surface area contributed by atoms with Crippen LogP contribution >= 0.6 is 0 Å². The van der Waals surface area contributed by atoms with Gasteiger partial charge in [-0.3, -0.25) is 4.98 Å². The lowest BCUT2D eigenvalue weighted by molar-refractivity contribution is 0.305. The number of hydrogen-bond donors (Lipinski definition) is 1. The standard InChI is InChI=1S/C20H20N2O/c1-3-7-17(8-4-1)13-21-14-19-11-12-20(15-22-19)23-16-18-9-5-2-6-10-18/h1-12,15,21H,13-14,16H2. The summed E-state index contributed by atoms with van der Waals surface area (Å²) in [6.45, 7) is 2.15. The van der Waals surface area contributed by atoms with E-state index in [0.29, 0.717) is 6.61 Å². The van der Waals surface area contributed by atoms with Gasteiger partial charge in [0, 0.05) is 13.1 Å². The Morgan fingerprint density at radius 1 is 0.739 bits per heavy atom. The predicted molar refractivity (Wildman–Crippen MR) is 92.0 cm³/mol. The first-order valence-electron chi connectivity index (χ1n) is 7.76. The summed E-state index contributed by atoms with van der Waals surface area (Å²) in [7, 11) is 0. The molecule has 1 heterocycles. The van der Waals surface area contributed by atoms with Gasteiger partial charge in [0.05, 0.1) is 11.9 Å². The Bertz CT molecular complexity index is 697. The van der Waals surface area contributed by atoms with Gasteiger partial charge in [-0.05, 0) is 23.3 Å². The van der Waals surface area contributed by atoms with E-state index in [1.54, 1.807) is 6.20 Å². The first-order chi connectivity index (χ1) is 11.4. The van der Waals surface area contributed by atoms with E-state index >= 15 is 0 Å². The molecule has 0 atom stereocenters. The van der Waals surface area contributed by atoms with Gasteiger partial charge in [-0.2, -0.15) is 0 Å². The monoisotopic (exact) mass is 304 g/mol. The summed E-state index contributed by atoms with van der Waals surface area (Å²) in [4.78, 5) is 4.43. The summed E-state index contributed by atoms with van der Waals surface area (Å²) in [5.41, 5.74) is 3.43. The van der Waals surface area contributed by atoms with E-state index < -0.39 is 0 Å². The molecule has 0 spiro atoms. The number of aromatic nitrogens is 1. The molecule has 23 heavy (non-hydrogen) atoms. The lowest BCUT2D eigenvalue weighted by atomic mass is 10.2. The van der Waals surface area contributed by atoms with Crippen LogP contribution < -0.4 is 10.1 Å². The van der Waals surface area contributed by atoms with Crippen LogP contribution in [0.4, 0.5) is 0 Å². The summed E-state index contributed by atoms with van der Waals surface area (Å²) < 4.78 is 5.74. The van der Waals surface area contributed by atoms with Crippen molar-refractivity contribution in [3.63, 3.8) is 0 Å². The largest absolute Gasteiger partial charge is 0.487 e. The number of ether oxygens (including phenoxy) is 1. The third-order valence-electron chi connectivity index (χ3n) is 3.52. The smallest absolute Gasteiger partial charge is 0.138 e. The molecule has 0 aliphatic heterocycles. The molecule has 0 radical (unpaired) electrons. The van der Waals surface area contributed by atoms with Crippen LogP contribution in [0.3, 0.4) is 0 Å². The molecule has 0 amide bonds. The third-order valence-corrected chi connectivity index (χ3v) is 3.52. The summed E-state index contributed by atoms with van der Waals surface area (Å²) >= 11 is 0. The average Bonchev–Trinajstić information content (AvgIpc) is 2.63. The number of benzene rings is 2. The van der Waals surface area contributed by atoms with Crippen molar-refractivity contribution in [2.45, 2.75) is 19.7 Å². The maximum absolute atomic E-state index is 5.74. The van der Waals surface area contributed by atoms with Gasteiger partial charge in [-0.25, -0.2) is 0 Å². The van der Waals surface area contributed by atoms with Crippen molar-refractivity contribution >= 4 is 0 Å². The molecule has 1 aromatic heterocycles. The second kappa shape index (κ2) is 8.11. The summed E-state index contributed by atoms with van der Waals surface area (Å²) in [6.07, 6.45) is 1.78. The highest BCUT2D eigenvalue weighted by atomic mass is 16.5. The Balaban J connectivity index is 1.45. The van der Waals surface area contributed by atoms with E-state index in [1.807, 2.05) is 48.5 Å². The lowest BCUT2D eigenvalue weighted by Gasteiger charge is -2.08. The summed E-state index contributed by atoms with van der Waals surface area (Å²) in [5.74, 6) is 0.792. The molecule has 3 heteroatoms. The Labute approximate surface area is 137 Å². The first-order valence-corrected chi connectivity index (χ1v) is 7.76. The van der Waals surface area contributed by atoms with Crippen LogP contribution in [0.15, 0.2) is 79.0 Å². The fraction of sp³-hybridized carbons (Fsp3) is 0.150. The molecule has 2 aromatic carbocycles. The zero-order chi connectivity index (χ0) is 15.7. The normalized spacial score (nSPS) is 10.4. The van der Waals surface area contributed by atoms with Gasteiger partial charge in [-0.1, -0.05) is 60.7 Å². The molecule has 3 nitrogen and oxygen atoms in total. The zero-order valence-electron chi connectivity index (χ0n) is 13.0. The molecule has 0 aliphatic rings. The summed E-state index contributed by atoms with van der Waals surface area (Å²) in [5, 5.41) is 3.39. The Hall–Kier alpha value is -2.65. The van der Waals surface area contributed by atoms with E-state index in [-0.39, 0.29) is 0 Å². The highest BCUT2D eigenvalue weighted by Crippen LogP contribution is 2.12. The maximum atomic E-state index is 5.74. The van der Waals surface area contributed by atoms with Crippen molar-refractivity contribution in [2.24, 2.45) is 0 Å². The lowest BCUT2D eigenvalue weighted by Crippen LogP contribution is -2.13. The minimum Gasteiger partial charge on any atom is -0.487 e. The van der Waals surface area contributed by atoms with Crippen LogP contribution in [0.25, 0.3) is 0 Å². The van der Waals surface area contributed by atoms with Gasteiger partial charge in [0.15, 0.2) is 0 Å². The molecule has 3 aromatic rings. The van der Waals surface area contributed by atoms with Crippen LogP contribution in [0.1, 0.15) is 16.8 Å². The predicted octanol–water partition coefficient (Wildman–Crippen LogP) is 3.95. The highest BCUT2D eigenvalue weighted by molar-refractivity contribution is 5.21. The fourth-order valence-electron chi connectivity index (χ4n) is 2.27. The van der Waals surface area contributed by atoms with Crippen LogP contribution in [0.5, 0.6) is 5.75 Å². The van der Waals surface area contributed by atoms with Crippen molar-refractivity contribution in [2.75, 3.05) is 0 Å². The average molecular weight is 304 g/mol. The molecule has 0 saturated carbocycles. The maximum Gasteiger partial charge on any atom is 0.138 e. The number of nitrogens with zero attached hydrogens (tertiary/aromatic N) is 1. The van der Waals surface area contributed by atoms with E-state index in [4.69, 9.17) is 4.74 Å². The Morgan fingerprint density at radius 2 is 1.43 bits per heavy atom. The van der Waals surface area contributed by atoms with Gasteiger partial charge in [0.2, 0.25) is 0 Å². The second-order valence-electron chi connectivity index (χ2n) is 5.35. The molecule has 0 unspecified atom stereocenters. The van der Waals surface area contributed by atoms with Gasteiger partial charge in [-0.15, -0.1) is 0 Å². The van der Waals surface area contributed by atoms with Crippen LogP contribution in [0, 0.1) is 0 Å². The molecule has 0 bridgehead atoms. The molecular formula is C20H20N2O. The number of hydrogen-bond acceptors (Lipinski definition) is 3. The van der Waals surface area contributed by atoms with E-state index in [0.717, 1.165) is 30.1 Å². The Morgan fingerprint density at radius 3 is 2.09 bits per heavy atom. The van der Waals surface area contributed by atoms with Crippen LogP contribution in [-0.4, -0.2) is 4.98 Å². The number of nitrogens with one attached hydrogen (secondary N) is 1. The molecule has 3 rings (SSSR count). The molecule has 0 fully saturated rings. The van der Waals surface area contributed by atoms with Gasteiger partial charge >= 0.3 is 0 Å². The van der Waals surface area contributed by atoms with E-state index in [2.05, 4.69) is 34.6 Å². The third kappa shape index (κ3) is 4.94. The zero-order valence-corrected chi connectivity index (χ0v) is 13.0. The van der Waals surface area contributed by atoms with Gasteiger partial charge in [0.25, 0.3) is 0 Å². The molecular weight excluding hydrogens is 284 g/mol. The molecule has 0 saturated heterocycles. The SMILES string of the molecule is c1ccc(CNCc2ccc(OCc3ccccc3)cn2)cc1. The van der Waals surface area contributed by atoms with Crippen molar-refractivity contribution in [3.8, 4) is 5.75 Å².